The van der Waals surface area contributed by atoms with Gasteiger partial charge in [0.05, 0.1) is 19.7 Å². The second kappa shape index (κ2) is 6.79. The fraction of sp³-hybridized carbons (Fsp3) is 0.231. The van der Waals surface area contributed by atoms with E-state index in [0.717, 1.165) is 22.1 Å². The molecule has 0 saturated heterocycles. The highest BCUT2D eigenvalue weighted by Gasteiger charge is 2.19. The van der Waals surface area contributed by atoms with Crippen molar-refractivity contribution in [3.05, 3.63) is 53.6 Å². The Bertz CT molecular complexity index is 585. The fourth-order valence-electron chi connectivity index (χ4n) is 1.85. The van der Waals surface area contributed by atoms with Crippen LogP contribution in [-0.4, -0.2) is 6.54 Å². The zero-order valence-corrected chi connectivity index (χ0v) is 14.7. The summed E-state index contributed by atoms with van der Waals surface area (Å²) in [6.45, 7) is 2.88. The second-order valence-electron chi connectivity index (χ2n) is 3.94. The lowest BCUT2D eigenvalue weighted by molar-refractivity contribution is 0.632. The molecule has 0 spiro atoms. The van der Waals surface area contributed by atoms with Crippen molar-refractivity contribution >= 4 is 62.1 Å². The first-order valence-electron chi connectivity index (χ1n) is 5.66. The molecule has 2 aromatic rings. The maximum absolute atomic E-state index is 6.25. The average Bonchev–Trinajstić information content (AvgIpc) is 2.69. The van der Waals surface area contributed by atoms with E-state index in [4.69, 9.17) is 34.8 Å². The molecule has 1 atom stereocenters. The number of hydrogen-bond donors (Lipinski definition) is 1. The molecule has 1 nitrogen and oxygen atoms in total. The summed E-state index contributed by atoms with van der Waals surface area (Å²) in [5.74, 6) is 0. The van der Waals surface area contributed by atoms with E-state index in [2.05, 4.69) is 28.2 Å². The van der Waals surface area contributed by atoms with Gasteiger partial charge in [-0.15, -0.1) is 11.3 Å². The number of halogens is 4. The van der Waals surface area contributed by atoms with Gasteiger partial charge in [0.15, 0.2) is 0 Å². The Hall–Kier alpha value is 0.230. The van der Waals surface area contributed by atoms with Crippen molar-refractivity contribution in [3.63, 3.8) is 0 Å². The number of nitrogens with one attached hydrogen (secondary N) is 1. The predicted molar refractivity (Wildman–Crippen MR) is 89.0 cm³/mol. The van der Waals surface area contributed by atoms with E-state index in [0.29, 0.717) is 13.7 Å². The van der Waals surface area contributed by atoms with Crippen LogP contribution in [0, 0.1) is 0 Å². The van der Waals surface area contributed by atoms with Gasteiger partial charge >= 0.3 is 0 Å². The normalized spacial score (nSPS) is 12.7. The zero-order chi connectivity index (χ0) is 14.0. The van der Waals surface area contributed by atoms with Crippen LogP contribution in [0.3, 0.4) is 0 Å². The molecule has 0 aliphatic rings. The van der Waals surface area contributed by atoms with Crippen LogP contribution in [0.4, 0.5) is 0 Å². The van der Waals surface area contributed by atoms with Crippen LogP contribution in [0.2, 0.25) is 13.7 Å². The van der Waals surface area contributed by atoms with E-state index in [9.17, 15) is 0 Å². The standard InChI is InChI=1S/C13H11BrCl3NS/c1-2-18-12(8-6-11(16)19-13(8)17)7-3-4-10(15)9(14)5-7/h3-6,12,18H,2H2,1H3. The molecule has 102 valence electrons. The van der Waals surface area contributed by atoms with Crippen LogP contribution in [0.5, 0.6) is 0 Å². The van der Waals surface area contributed by atoms with Crippen LogP contribution in [0.1, 0.15) is 24.1 Å². The molecule has 1 unspecified atom stereocenters. The minimum atomic E-state index is 0.00909. The Kier molecular flexibility index (Phi) is 5.58. The zero-order valence-electron chi connectivity index (χ0n) is 10.0. The number of hydrogen-bond acceptors (Lipinski definition) is 2. The number of rotatable bonds is 4. The van der Waals surface area contributed by atoms with E-state index in [1.165, 1.54) is 11.3 Å². The summed E-state index contributed by atoms with van der Waals surface area (Å²) in [6.07, 6.45) is 0. The summed E-state index contributed by atoms with van der Waals surface area (Å²) in [5, 5.41) is 4.10. The van der Waals surface area contributed by atoms with Crippen molar-refractivity contribution in [2.24, 2.45) is 0 Å². The average molecular weight is 400 g/mol. The summed E-state index contributed by atoms with van der Waals surface area (Å²) in [5.41, 5.74) is 2.09. The highest BCUT2D eigenvalue weighted by atomic mass is 79.9. The molecule has 1 N–H and O–H groups in total. The van der Waals surface area contributed by atoms with E-state index < -0.39 is 0 Å². The molecule has 0 amide bonds. The van der Waals surface area contributed by atoms with Gasteiger partial charge in [0, 0.05) is 10.0 Å². The molecule has 6 heteroatoms. The van der Waals surface area contributed by atoms with E-state index in [-0.39, 0.29) is 6.04 Å². The van der Waals surface area contributed by atoms with Crippen LogP contribution in [0.15, 0.2) is 28.7 Å². The number of benzene rings is 1. The molecule has 1 aromatic carbocycles. The molecule has 0 saturated carbocycles. The third kappa shape index (κ3) is 3.66. The molecular weight excluding hydrogens is 388 g/mol. The lowest BCUT2D eigenvalue weighted by Crippen LogP contribution is -2.21. The molecule has 0 radical (unpaired) electrons. The smallest absolute Gasteiger partial charge is 0.0995 e. The van der Waals surface area contributed by atoms with E-state index in [1.54, 1.807) is 0 Å². The Labute approximate surface area is 140 Å². The Morgan fingerprint density at radius 1 is 1.26 bits per heavy atom. The summed E-state index contributed by atoms with van der Waals surface area (Å²) in [6, 6.07) is 7.77. The van der Waals surface area contributed by atoms with Gasteiger partial charge in [-0.05, 0) is 46.2 Å². The minimum absolute atomic E-state index is 0.00909. The molecular formula is C13H11BrCl3NS. The molecule has 1 heterocycles. The van der Waals surface area contributed by atoms with E-state index >= 15 is 0 Å². The largest absolute Gasteiger partial charge is 0.306 e. The Morgan fingerprint density at radius 2 is 2.00 bits per heavy atom. The number of thiophene rings is 1. The van der Waals surface area contributed by atoms with Gasteiger partial charge in [0.25, 0.3) is 0 Å². The summed E-state index contributed by atoms with van der Waals surface area (Å²) in [4.78, 5) is 0. The first-order valence-corrected chi connectivity index (χ1v) is 8.40. The highest BCUT2D eigenvalue weighted by molar-refractivity contribution is 9.10. The quantitative estimate of drug-likeness (QED) is 0.648. The highest BCUT2D eigenvalue weighted by Crippen LogP contribution is 2.38. The Balaban J connectivity index is 2.44. The van der Waals surface area contributed by atoms with Gasteiger partial charge in [-0.3, -0.25) is 0 Å². The van der Waals surface area contributed by atoms with Crippen LogP contribution in [-0.2, 0) is 0 Å². The predicted octanol–water partition coefficient (Wildman–Crippen LogP) is 6.17. The van der Waals surface area contributed by atoms with Crippen LogP contribution < -0.4 is 5.32 Å². The summed E-state index contributed by atoms with van der Waals surface area (Å²) < 4.78 is 2.27. The van der Waals surface area contributed by atoms with Crippen molar-refractivity contribution < 1.29 is 0 Å². The van der Waals surface area contributed by atoms with Crippen molar-refractivity contribution in [1.29, 1.82) is 0 Å². The first kappa shape index (κ1) is 15.6. The molecule has 0 bridgehead atoms. The third-order valence-corrected chi connectivity index (χ3v) is 5.41. The first-order chi connectivity index (χ1) is 9.02. The molecule has 0 aliphatic carbocycles. The fourth-order valence-corrected chi connectivity index (χ4v) is 3.90. The SMILES string of the molecule is CCNC(c1ccc(Cl)c(Br)c1)c1cc(Cl)sc1Cl. The molecule has 0 aliphatic heterocycles. The molecule has 1 aromatic heterocycles. The lowest BCUT2D eigenvalue weighted by Gasteiger charge is -2.18. The van der Waals surface area contributed by atoms with Gasteiger partial charge in [0.1, 0.15) is 0 Å². The van der Waals surface area contributed by atoms with Crippen LogP contribution >= 0.6 is 62.1 Å². The third-order valence-electron chi connectivity index (χ3n) is 2.68. The van der Waals surface area contributed by atoms with Gasteiger partial charge < -0.3 is 5.32 Å². The molecule has 19 heavy (non-hydrogen) atoms. The minimum Gasteiger partial charge on any atom is -0.306 e. The topological polar surface area (TPSA) is 12.0 Å². The van der Waals surface area contributed by atoms with Gasteiger partial charge in [-0.1, -0.05) is 47.8 Å². The summed E-state index contributed by atoms with van der Waals surface area (Å²) in [7, 11) is 0. The van der Waals surface area contributed by atoms with Crippen molar-refractivity contribution in [2.75, 3.05) is 6.54 Å². The maximum atomic E-state index is 6.25. The monoisotopic (exact) mass is 397 g/mol. The molecule has 0 fully saturated rings. The van der Waals surface area contributed by atoms with E-state index in [1.807, 2.05) is 24.3 Å². The van der Waals surface area contributed by atoms with Gasteiger partial charge in [0.2, 0.25) is 0 Å². The summed E-state index contributed by atoms with van der Waals surface area (Å²) >= 11 is 23.1. The maximum Gasteiger partial charge on any atom is 0.0995 e. The van der Waals surface area contributed by atoms with Crippen molar-refractivity contribution in [3.8, 4) is 0 Å². The lowest BCUT2D eigenvalue weighted by atomic mass is 10.0. The Morgan fingerprint density at radius 3 is 2.53 bits per heavy atom. The van der Waals surface area contributed by atoms with Gasteiger partial charge in [-0.2, -0.15) is 0 Å². The van der Waals surface area contributed by atoms with Gasteiger partial charge in [-0.25, -0.2) is 0 Å². The van der Waals surface area contributed by atoms with Crippen molar-refractivity contribution in [1.82, 2.24) is 5.32 Å². The second-order valence-corrected chi connectivity index (χ2v) is 7.49. The molecule has 2 rings (SSSR count). The van der Waals surface area contributed by atoms with Crippen LogP contribution in [0.25, 0.3) is 0 Å². The van der Waals surface area contributed by atoms with Crippen molar-refractivity contribution in [2.45, 2.75) is 13.0 Å².